The number of aliphatic hydroxyl groups excluding tert-OH is 1. The summed E-state index contributed by atoms with van der Waals surface area (Å²) in [7, 11) is 0. The average molecular weight is 257 g/mol. The van der Waals surface area contributed by atoms with Crippen LogP contribution in [0.4, 0.5) is 0 Å². The van der Waals surface area contributed by atoms with Crippen LogP contribution in [0.5, 0.6) is 0 Å². The Morgan fingerprint density at radius 3 is 2.28 bits per heavy atom. The fourth-order valence-corrected chi connectivity index (χ4v) is 2.76. The third-order valence-corrected chi connectivity index (χ3v) is 3.37. The first-order valence-corrected chi connectivity index (χ1v) is 6.58. The first-order chi connectivity index (χ1) is 8.50. The molecule has 0 saturated carbocycles. The summed E-state index contributed by atoms with van der Waals surface area (Å²) in [5.74, 6) is 0. The van der Waals surface area contributed by atoms with Crippen LogP contribution >= 0.6 is 0 Å². The van der Waals surface area contributed by atoms with Crippen LogP contribution in [-0.4, -0.2) is 41.5 Å². The van der Waals surface area contributed by atoms with Crippen molar-refractivity contribution in [2.45, 2.75) is 45.0 Å². The van der Waals surface area contributed by atoms with Gasteiger partial charge in [0.2, 0.25) is 0 Å². The van der Waals surface area contributed by atoms with Gasteiger partial charge in [-0.25, -0.2) is 0 Å². The first-order valence-electron chi connectivity index (χ1n) is 6.58. The van der Waals surface area contributed by atoms with E-state index in [-0.39, 0.29) is 5.66 Å². The maximum Gasteiger partial charge on any atom is 0.125 e. The van der Waals surface area contributed by atoms with Gasteiger partial charge < -0.3 is 32.5 Å². The van der Waals surface area contributed by atoms with Crippen molar-refractivity contribution < 1.29 is 5.11 Å². The van der Waals surface area contributed by atoms with Crippen molar-refractivity contribution in [3.05, 3.63) is 11.4 Å². The summed E-state index contributed by atoms with van der Waals surface area (Å²) in [5, 5.41) is 13.5. The monoisotopic (exact) mass is 257 g/mol. The summed E-state index contributed by atoms with van der Waals surface area (Å²) in [5.41, 5.74) is 18.8. The van der Waals surface area contributed by atoms with Gasteiger partial charge >= 0.3 is 0 Å². The minimum Gasteiger partial charge on any atom is -0.374 e. The smallest absolute Gasteiger partial charge is 0.125 e. The highest BCUT2D eigenvalue weighted by Gasteiger charge is 2.41. The molecule has 1 heterocycles. The van der Waals surface area contributed by atoms with Gasteiger partial charge in [-0.1, -0.05) is 0 Å². The van der Waals surface area contributed by atoms with Crippen molar-refractivity contribution in [1.82, 2.24) is 10.2 Å². The molecule has 1 aliphatic heterocycles. The van der Waals surface area contributed by atoms with Gasteiger partial charge in [0.25, 0.3) is 0 Å². The molecular weight excluding hydrogens is 230 g/mol. The minimum absolute atomic E-state index is 0.349. The maximum absolute atomic E-state index is 10.0. The van der Waals surface area contributed by atoms with Crippen molar-refractivity contribution in [2.24, 2.45) is 17.2 Å². The van der Waals surface area contributed by atoms with Crippen LogP contribution in [-0.2, 0) is 0 Å². The molecule has 1 rings (SSSR count). The van der Waals surface area contributed by atoms with E-state index in [0.29, 0.717) is 19.6 Å². The highest BCUT2D eigenvalue weighted by Crippen LogP contribution is 2.34. The molecule has 0 aromatic carbocycles. The Balaban J connectivity index is 3.04. The third kappa shape index (κ3) is 2.95. The standard InChI is InChI=1S/C12H27N5O/c1-9(18)17-11(4-7-14)10(3-6-13)16-12(17,2)5-8-15/h9,16,18H,3-8,13-15H2,1-2H3. The Morgan fingerprint density at radius 2 is 1.83 bits per heavy atom. The molecule has 2 unspecified atom stereocenters. The molecule has 0 aromatic heterocycles. The van der Waals surface area contributed by atoms with E-state index in [1.165, 1.54) is 0 Å². The molecule has 0 fully saturated rings. The Hall–Kier alpha value is -0.820. The molecule has 1 aliphatic rings. The van der Waals surface area contributed by atoms with Crippen LogP contribution in [0.25, 0.3) is 0 Å². The fourth-order valence-electron chi connectivity index (χ4n) is 2.76. The molecule has 2 atom stereocenters. The summed E-state index contributed by atoms with van der Waals surface area (Å²) in [6, 6.07) is 0. The number of rotatable bonds is 7. The summed E-state index contributed by atoms with van der Waals surface area (Å²) >= 11 is 0. The molecule has 0 bridgehead atoms. The topological polar surface area (TPSA) is 114 Å². The molecule has 0 aromatic rings. The number of nitrogens with two attached hydrogens (primary N) is 3. The highest BCUT2D eigenvalue weighted by atomic mass is 16.3. The lowest BCUT2D eigenvalue weighted by molar-refractivity contribution is -0.0264. The van der Waals surface area contributed by atoms with E-state index in [2.05, 4.69) is 5.32 Å². The molecule has 0 aliphatic carbocycles. The second-order valence-corrected chi connectivity index (χ2v) is 4.94. The lowest BCUT2D eigenvalue weighted by Crippen LogP contribution is -2.54. The van der Waals surface area contributed by atoms with Crippen molar-refractivity contribution >= 4 is 0 Å². The van der Waals surface area contributed by atoms with E-state index in [4.69, 9.17) is 17.2 Å². The van der Waals surface area contributed by atoms with E-state index in [1.807, 2.05) is 11.8 Å². The molecule has 0 saturated heterocycles. The Bertz CT molecular complexity index is 305. The third-order valence-electron chi connectivity index (χ3n) is 3.37. The number of nitrogens with zero attached hydrogens (tertiary/aromatic N) is 1. The quantitative estimate of drug-likeness (QED) is 0.408. The summed E-state index contributed by atoms with van der Waals surface area (Å²) < 4.78 is 0. The van der Waals surface area contributed by atoms with Gasteiger partial charge in [-0.3, -0.25) is 0 Å². The van der Waals surface area contributed by atoms with Gasteiger partial charge in [-0.2, -0.15) is 0 Å². The van der Waals surface area contributed by atoms with Crippen LogP contribution in [0.15, 0.2) is 11.4 Å². The number of nitrogens with one attached hydrogen (secondary N) is 1. The zero-order valence-corrected chi connectivity index (χ0v) is 11.4. The van der Waals surface area contributed by atoms with Gasteiger partial charge in [0, 0.05) is 30.7 Å². The normalized spacial score (nSPS) is 25.6. The van der Waals surface area contributed by atoms with Crippen molar-refractivity contribution in [3.8, 4) is 0 Å². The van der Waals surface area contributed by atoms with Gasteiger partial charge in [-0.05, 0) is 33.5 Å². The predicted octanol–water partition coefficient (Wildman–Crippen LogP) is -0.796. The predicted molar refractivity (Wildman–Crippen MR) is 73.1 cm³/mol. The van der Waals surface area contributed by atoms with E-state index in [1.54, 1.807) is 6.92 Å². The Kier molecular flexibility index (Phi) is 5.40. The van der Waals surface area contributed by atoms with E-state index < -0.39 is 6.23 Å². The number of hydrogen-bond donors (Lipinski definition) is 5. The number of aliphatic hydroxyl groups is 1. The molecule has 0 amide bonds. The van der Waals surface area contributed by atoms with Crippen LogP contribution in [0, 0.1) is 0 Å². The Labute approximate surface area is 109 Å². The molecule has 6 nitrogen and oxygen atoms in total. The van der Waals surface area contributed by atoms with E-state index in [9.17, 15) is 5.11 Å². The van der Waals surface area contributed by atoms with Gasteiger partial charge in [0.05, 0.1) is 0 Å². The molecule has 0 radical (unpaired) electrons. The molecule has 0 spiro atoms. The van der Waals surface area contributed by atoms with Crippen LogP contribution in [0.3, 0.4) is 0 Å². The van der Waals surface area contributed by atoms with Crippen molar-refractivity contribution in [1.29, 1.82) is 0 Å². The zero-order valence-electron chi connectivity index (χ0n) is 11.4. The van der Waals surface area contributed by atoms with E-state index >= 15 is 0 Å². The van der Waals surface area contributed by atoms with Gasteiger partial charge in [0.15, 0.2) is 0 Å². The largest absolute Gasteiger partial charge is 0.374 e. The van der Waals surface area contributed by atoms with E-state index in [0.717, 1.165) is 30.7 Å². The van der Waals surface area contributed by atoms with Crippen LogP contribution in [0.2, 0.25) is 0 Å². The number of hydrogen-bond acceptors (Lipinski definition) is 6. The SMILES string of the molecule is CC(O)N1C(CCN)=C(CCN)NC1(C)CCN. The molecule has 18 heavy (non-hydrogen) atoms. The lowest BCUT2D eigenvalue weighted by atomic mass is 10.1. The van der Waals surface area contributed by atoms with Gasteiger partial charge in [0.1, 0.15) is 11.9 Å². The fraction of sp³-hybridized carbons (Fsp3) is 0.833. The summed E-state index contributed by atoms with van der Waals surface area (Å²) in [4.78, 5) is 1.98. The van der Waals surface area contributed by atoms with Crippen molar-refractivity contribution in [3.63, 3.8) is 0 Å². The maximum atomic E-state index is 10.0. The minimum atomic E-state index is -0.578. The summed E-state index contributed by atoms with van der Waals surface area (Å²) in [6.45, 7) is 5.49. The summed E-state index contributed by atoms with van der Waals surface area (Å²) in [6.07, 6.45) is 1.66. The highest BCUT2D eigenvalue weighted by molar-refractivity contribution is 5.24. The molecule has 106 valence electrons. The van der Waals surface area contributed by atoms with Gasteiger partial charge in [-0.15, -0.1) is 0 Å². The molecule has 8 N–H and O–H groups in total. The first kappa shape index (κ1) is 15.2. The Morgan fingerprint density at radius 1 is 1.22 bits per heavy atom. The van der Waals surface area contributed by atoms with Crippen molar-refractivity contribution in [2.75, 3.05) is 19.6 Å². The zero-order chi connectivity index (χ0) is 13.8. The second kappa shape index (κ2) is 6.38. The second-order valence-electron chi connectivity index (χ2n) is 4.94. The molecular formula is C12H27N5O. The van der Waals surface area contributed by atoms with Crippen LogP contribution < -0.4 is 22.5 Å². The average Bonchev–Trinajstić information content (AvgIpc) is 2.53. The van der Waals surface area contributed by atoms with Crippen LogP contribution in [0.1, 0.15) is 33.1 Å². The lowest BCUT2D eigenvalue weighted by Gasteiger charge is -2.40. The molecule has 6 heteroatoms.